The Bertz CT molecular complexity index is 1030. The number of rotatable bonds is 12. The quantitative estimate of drug-likeness (QED) is 0.313. The van der Waals surface area contributed by atoms with Gasteiger partial charge in [0, 0.05) is 11.8 Å². The van der Waals surface area contributed by atoms with E-state index in [9.17, 15) is 9.90 Å². The number of aliphatic hydroxyl groups excluding tert-OH is 1. The number of carbonyl (C=O) groups excluding carboxylic acids is 1. The highest BCUT2D eigenvalue weighted by Gasteiger charge is 2.38. The van der Waals surface area contributed by atoms with Gasteiger partial charge in [0.1, 0.15) is 17.7 Å². The Kier molecular flexibility index (Phi) is 8.53. The maximum atomic E-state index is 12.8. The van der Waals surface area contributed by atoms with Crippen LogP contribution >= 0.6 is 0 Å². The summed E-state index contributed by atoms with van der Waals surface area (Å²) in [5, 5.41) is 18.9. The number of carbonyl (C=O) groups is 1. The van der Waals surface area contributed by atoms with Crippen LogP contribution in [0.15, 0.2) is 53.1 Å². The molecule has 3 rings (SSSR count). The molecule has 0 unspecified atom stereocenters. The lowest BCUT2D eigenvalue weighted by molar-refractivity contribution is -0.151. The van der Waals surface area contributed by atoms with E-state index in [1.807, 2.05) is 30.3 Å². The molecule has 2 N–H and O–H groups in total. The molecule has 0 saturated heterocycles. The summed E-state index contributed by atoms with van der Waals surface area (Å²) >= 11 is 0. The zero-order chi connectivity index (χ0) is 23.7. The molecule has 0 spiro atoms. The first-order valence-corrected chi connectivity index (χ1v) is 10.6. The van der Waals surface area contributed by atoms with Crippen molar-refractivity contribution in [2.24, 2.45) is 0 Å². The van der Waals surface area contributed by atoms with Crippen molar-refractivity contribution >= 4 is 5.97 Å². The van der Waals surface area contributed by atoms with Crippen molar-refractivity contribution < 1.29 is 33.6 Å². The minimum atomic E-state index is -1.19. The minimum Gasteiger partial charge on any atom is -0.493 e. The van der Waals surface area contributed by atoms with Crippen molar-refractivity contribution in [3.8, 4) is 28.5 Å². The van der Waals surface area contributed by atoms with Crippen LogP contribution in [-0.2, 0) is 24.4 Å². The van der Waals surface area contributed by atoms with E-state index in [0.29, 0.717) is 30.2 Å². The zero-order valence-corrected chi connectivity index (χ0v) is 18.7. The van der Waals surface area contributed by atoms with Crippen LogP contribution in [-0.4, -0.2) is 65.8 Å². The molecule has 9 nitrogen and oxygen atoms in total. The van der Waals surface area contributed by atoms with Crippen molar-refractivity contribution in [2.45, 2.75) is 19.3 Å². The first-order chi connectivity index (χ1) is 15.9. The summed E-state index contributed by atoms with van der Waals surface area (Å²) in [6, 6.07) is 12.7. The summed E-state index contributed by atoms with van der Waals surface area (Å²) in [4.78, 5) is 21.3. The topological polar surface area (TPSA) is 124 Å². The highest BCUT2D eigenvalue weighted by atomic mass is 16.6. The molecular weight excluding hydrogens is 428 g/mol. The van der Waals surface area contributed by atoms with Crippen molar-refractivity contribution in [1.82, 2.24) is 9.97 Å². The molecule has 0 aliphatic heterocycles. The van der Waals surface area contributed by atoms with E-state index in [1.165, 1.54) is 6.20 Å². The number of aromatic nitrogens is 2. The van der Waals surface area contributed by atoms with E-state index in [1.54, 1.807) is 26.0 Å². The van der Waals surface area contributed by atoms with Gasteiger partial charge in [-0.05, 0) is 26.0 Å². The maximum Gasteiger partial charge on any atom is 0.321 e. The second-order valence-corrected chi connectivity index (χ2v) is 7.65. The number of nitrogens with zero attached hydrogens (tertiary/aromatic N) is 2. The molecule has 0 amide bonds. The molecule has 0 aliphatic carbocycles. The van der Waals surface area contributed by atoms with E-state index >= 15 is 0 Å². The lowest BCUT2D eigenvalue weighted by Crippen LogP contribution is -2.32. The third kappa shape index (κ3) is 6.16. The molecule has 9 heteroatoms. The van der Waals surface area contributed by atoms with E-state index in [2.05, 4.69) is 9.97 Å². The molecule has 1 aromatic carbocycles. The average Bonchev–Trinajstić information content (AvgIpc) is 3.27. The molecule has 2 heterocycles. The molecular formula is C24H28N2O7. The van der Waals surface area contributed by atoms with Crippen LogP contribution < -0.4 is 0 Å². The lowest BCUT2D eigenvalue weighted by Gasteiger charge is -2.19. The van der Waals surface area contributed by atoms with Crippen LogP contribution in [0, 0.1) is 0 Å². The van der Waals surface area contributed by atoms with Gasteiger partial charge in [-0.15, -0.1) is 0 Å². The number of aliphatic hydroxyl groups is 1. The fourth-order valence-electron chi connectivity index (χ4n) is 2.98. The second kappa shape index (κ2) is 11.6. The number of esters is 1. The van der Waals surface area contributed by atoms with Crippen molar-refractivity contribution in [3.05, 3.63) is 54.6 Å². The smallest absolute Gasteiger partial charge is 0.321 e. The lowest BCUT2D eigenvalue weighted by atomic mass is 9.94. The normalized spacial score (nSPS) is 11.5. The molecule has 0 atom stereocenters. The first kappa shape index (κ1) is 24.4. The molecule has 0 aliphatic rings. The van der Waals surface area contributed by atoms with Gasteiger partial charge in [0.05, 0.1) is 38.6 Å². The Labute approximate surface area is 192 Å². The highest BCUT2D eigenvalue weighted by molar-refractivity contribution is 5.83. The number of aromatic hydroxyl groups is 1. The maximum absolute atomic E-state index is 12.8. The van der Waals surface area contributed by atoms with Gasteiger partial charge in [0.15, 0.2) is 5.76 Å². The fourth-order valence-corrected chi connectivity index (χ4v) is 2.98. The van der Waals surface area contributed by atoms with Gasteiger partial charge < -0.3 is 28.8 Å². The van der Waals surface area contributed by atoms with Gasteiger partial charge in [-0.3, -0.25) is 4.79 Å². The summed E-state index contributed by atoms with van der Waals surface area (Å²) in [6.07, 6.45) is 1.47. The van der Waals surface area contributed by atoms with Crippen LogP contribution in [0.25, 0.3) is 22.6 Å². The zero-order valence-electron chi connectivity index (χ0n) is 18.7. The Morgan fingerprint density at radius 3 is 2.39 bits per heavy atom. The molecule has 3 aromatic rings. The molecule has 2 aromatic heterocycles. The van der Waals surface area contributed by atoms with Crippen LogP contribution in [0.3, 0.4) is 0 Å². The Morgan fingerprint density at radius 1 is 1.00 bits per heavy atom. The van der Waals surface area contributed by atoms with Crippen LogP contribution in [0.5, 0.6) is 5.88 Å². The third-order valence-corrected chi connectivity index (χ3v) is 4.82. The van der Waals surface area contributed by atoms with Gasteiger partial charge in [-0.1, -0.05) is 30.3 Å². The number of pyridine rings is 1. The third-order valence-electron chi connectivity index (χ3n) is 4.82. The van der Waals surface area contributed by atoms with E-state index < -0.39 is 11.4 Å². The summed E-state index contributed by atoms with van der Waals surface area (Å²) < 4.78 is 21.8. The molecule has 176 valence electrons. The van der Waals surface area contributed by atoms with E-state index in [0.717, 1.165) is 5.56 Å². The fraction of sp³-hybridized carbons (Fsp3) is 0.375. The molecule has 0 fully saturated rings. The molecule has 0 saturated carbocycles. The molecule has 33 heavy (non-hydrogen) atoms. The summed E-state index contributed by atoms with van der Waals surface area (Å²) in [7, 11) is 0. The number of oxazole rings is 1. The second-order valence-electron chi connectivity index (χ2n) is 7.65. The van der Waals surface area contributed by atoms with Crippen molar-refractivity contribution in [2.75, 3.05) is 39.6 Å². The standard InChI is InChI=1S/C24H28N2O7/c1-24(2,23(29)32-16-15-31-14-13-30-12-11-27)22-26-19(17-7-4-3-5-8-17)20(33-22)18-9-6-10-25-21(18)28/h3-10,27H,11-16H2,1-2H3,(H,25,28). The average molecular weight is 456 g/mol. The largest absolute Gasteiger partial charge is 0.493 e. The number of hydrogen-bond donors (Lipinski definition) is 2. The Morgan fingerprint density at radius 2 is 1.70 bits per heavy atom. The van der Waals surface area contributed by atoms with Crippen LogP contribution in [0.1, 0.15) is 19.7 Å². The van der Waals surface area contributed by atoms with Crippen LogP contribution in [0.4, 0.5) is 0 Å². The summed E-state index contributed by atoms with van der Waals surface area (Å²) in [5.41, 5.74) is 0.438. The molecule has 0 radical (unpaired) electrons. The van der Waals surface area contributed by atoms with Gasteiger partial charge >= 0.3 is 5.97 Å². The highest BCUT2D eigenvalue weighted by Crippen LogP contribution is 2.39. The van der Waals surface area contributed by atoms with Gasteiger partial charge in [0.2, 0.25) is 11.8 Å². The predicted molar refractivity (Wildman–Crippen MR) is 120 cm³/mol. The Balaban J connectivity index is 1.75. The van der Waals surface area contributed by atoms with Crippen molar-refractivity contribution in [1.29, 1.82) is 0 Å². The number of ether oxygens (including phenoxy) is 3. The van der Waals surface area contributed by atoms with Gasteiger partial charge in [-0.2, -0.15) is 0 Å². The van der Waals surface area contributed by atoms with E-state index in [-0.39, 0.29) is 38.2 Å². The van der Waals surface area contributed by atoms with Gasteiger partial charge in [0.25, 0.3) is 0 Å². The summed E-state index contributed by atoms with van der Waals surface area (Å²) in [6.45, 7) is 4.49. The van der Waals surface area contributed by atoms with Crippen molar-refractivity contribution in [3.63, 3.8) is 0 Å². The Hall–Kier alpha value is -3.27. The first-order valence-electron chi connectivity index (χ1n) is 10.6. The van der Waals surface area contributed by atoms with E-state index in [4.69, 9.17) is 23.7 Å². The summed E-state index contributed by atoms with van der Waals surface area (Å²) in [5.74, 6) is -0.250. The van der Waals surface area contributed by atoms with Gasteiger partial charge in [-0.25, -0.2) is 9.97 Å². The monoisotopic (exact) mass is 456 g/mol. The number of hydrogen-bond acceptors (Lipinski definition) is 9. The SMILES string of the molecule is CC(C)(C(=O)OCCOCCOCCO)c1nc(-c2ccccc2)c(-c2cccnc2O)o1. The number of benzene rings is 1. The predicted octanol–water partition coefficient (Wildman–Crippen LogP) is 2.96. The minimum absolute atomic E-state index is 0.0401. The van der Waals surface area contributed by atoms with Crippen LogP contribution in [0.2, 0.25) is 0 Å². The molecule has 0 bridgehead atoms.